The molecule has 3 unspecified atom stereocenters. The van der Waals surface area contributed by atoms with E-state index in [-0.39, 0.29) is 11.1 Å². The smallest absolute Gasteiger partial charge is 0.336 e. The highest BCUT2D eigenvalue weighted by molar-refractivity contribution is 6.11. The van der Waals surface area contributed by atoms with E-state index in [1.54, 1.807) is 0 Å². The van der Waals surface area contributed by atoms with E-state index in [0.29, 0.717) is 12.2 Å². The lowest BCUT2D eigenvalue weighted by atomic mass is 9.55. The molecule has 202 valence electrons. The second-order valence-corrected chi connectivity index (χ2v) is 9.10. The van der Waals surface area contributed by atoms with Gasteiger partial charge < -0.3 is 46.0 Å². The predicted octanol–water partition coefficient (Wildman–Crippen LogP) is 0.0524. The van der Waals surface area contributed by atoms with E-state index < -0.39 is 75.8 Å². The zero-order valence-electron chi connectivity index (χ0n) is 19.9. The van der Waals surface area contributed by atoms with E-state index in [0.717, 1.165) is 43.3 Å². The predicted molar refractivity (Wildman–Crippen MR) is 130 cm³/mol. The molecule has 5 atom stereocenters. The maximum absolute atomic E-state index is 13.3. The van der Waals surface area contributed by atoms with Gasteiger partial charge in [0, 0.05) is 12.3 Å². The molecule has 2 aromatic rings. The molecule has 1 fully saturated rings. The van der Waals surface area contributed by atoms with Crippen LogP contribution < -0.4 is 0 Å². The standard InChI is InChI=1S/C26H26O12/c1-13-24(36,23(34)35)12-22(33)26(38,21(32)9-5-15-3-7-17(28)19(30)11-15)25(13,37)20(31)8-4-14-2-6-16(27)18(29)10-14/h2-11,13,22,27-30,33,36-38H,12H2,1H3,(H,34,35)/b8-4+,9-5+/t13?,22-,24?,25+,26?/m1/s1. The zero-order chi connectivity index (χ0) is 28.6. The average molecular weight is 530 g/mol. The number of ketones is 2. The largest absolute Gasteiger partial charge is 0.504 e. The van der Waals surface area contributed by atoms with Crippen LogP contribution in [0.25, 0.3) is 12.2 Å². The van der Waals surface area contributed by atoms with Crippen LogP contribution in [0.4, 0.5) is 0 Å². The van der Waals surface area contributed by atoms with Crippen molar-refractivity contribution < 1.29 is 60.3 Å². The third-order valence-corrected chi connectivity index (χ3v) is 6.89. The third kappa shape index (κ3) is 4.50. The summed E-state index contributed by atoms with van der Waals surface area (Å²) in [6.45, 7) is 0.915. The van der Waals surface area contributed by atoms with Gasteiger partial charge in [-0.1, -0.05) is 31.2 Å². The second-order valence-electron chi connectivity index (χ2n) is 9.10. The SMILES string of the molecule is CC1C(O)(C(=O)O)C[C@@H](O)C(O)(C(=O)/C=C/c2ccc(O)c(O)c2)[C@@]1(O)C(=O)/C=C/c1ccc(O)c(O)c1. The van der Waals surface area contributed by atoms with Gasteiger partial charge in [-0.15, -0.1) is 0 Å². The average Bonchev–Trinajstić information content (AvgIpc) is 2.87. The van der Waals surface area contributed by atoms with Crippen molar-refractivity contribution in [1.29, 1.82) is 0 Å². The number of hydrogen-bond donors (Lipinski definition) is 9. The summed E-state index contributed by atoms with van der Waals surface area (Å²) in [5.74, 6) is -8.84. The van der Waals surface area contributed by atoms with E-state index in [1.807, 2.05) is 0 Å². The van der Waals surface area contributed by atoms with Crippen LogP contribution in [0.1, 0.15) is 24.5 Å². The molecule has 9 N–H and O–H groups in total. The van der Waals surface area contributed by atoms with Gasteiger partial charge in [-0.3, -0.25) is 9.59 Å². The Morgan fingerprint density at radius 2 is 1.18 bits per heavy atom. The van der Waals surface area contributed by atoms with E-state index in [4.69, 9.17) is 0 Å². The molecule has 1 saturated carbocycles. The summed E-state index contributed by atoms with van der Waals surface area (Å²) < 4.78 is 0. The molecule has 0 aliphatic heterocycles. The van der Waals surface area contributed by atoms with Gasteiger partial charge in [0.1, 0.15) is 0 Å². The quantitative estimate of drug-likeness (QED) is 0.171. The fraction of sp³-hybridized carbons (Fsp3) is 0.269. The lowest BCUT2D eigenvalue weighted by Gasteiger charge is -2.54. The first kappa shape index (κ1) is 28.3. The Bertz CT molecular complexity index is 1350. The van der Waals surface area contributed by atoms with Gasteiger partial charge in [0.05, 0.1) is 6.10 Å². The molecule has 1 aliphatic carbocycles. The van der Waals surface area contributed by atoms with Crippen molar-refractivity contribution >= 4 is 29.7 Å². The van der Waals surface area contributed by atoms with Gasteiger partial charge in [-0.25, -0.2) is 4.79 Å². The highest BCUT2D eigenvalue weighted by atomic mass is 16.4. The maximum Gasteiger partial charge on any atom is 0.336 e. The molecule has 0 aromatic heterocycles. The Hall–Kier alpha value is -4.23. The van der Waals surface area contributed by atoms with E-state index in [9.17, 15) is 60.3 Å². The fourth-order valence-corrected chi connectivity index (χ4v) is 4.46. The first-order valence-corrected chi connectivity index (χ1v) is 11.2. The molecule has 12 nitrogen and oxygen atoms in total. The van der Waals surface area contributed by atoms with Crippen molar-refractivity contribution in [2.45, 2.75) is 36.3 Å². The highest BCUT2D eigenvalue weighted by Crippen LogP contribution is 2.48. The Morgan fingerprint density at radius 1 is 0.763 bits per heavy atom. The van der Waals surface area contributed by atoms with Gasteiger partial charge in [0.2, 0.25) is 0 Å². The number of aliphatic hydroxyl groups is 4. The number of rotatable bonds is 7. The summed E-state index contributed by atoms with van der Waals surface area (Å²) in [5.41, 5.74) is -9.41. The number of phenols is 4. The molecular weight excluding hydrogens is 504 g/mol. The molecule has 0 radical (unpaired) electrons. The van der Waals surface area contributed by atoms with Crippen LogP contribution in [-0.4, -0.2) is 86.4 Å². The van der Waals surface area contributed by atoms with Crippen molar-refractivity contribution in [2.24, 2.45) is 5.92 Å². The summed E-state index contributed by atoms with van der Waals surface area (Å²) in [7, 11) is 0. The molecular formula is C26H26O12. The van der Waals surface area contributed by atoms with Gasteiger partial charge in [0.25, 0.3) is 0 Å². The van der Waals surface area contributed by atoms with Crippen molar-refractivity contribution in [3.05, 3.63) is 59.7 Å². The summed E-state index contributed by atoms with van der Waals surface area (Å²) in [6, 6.07) is 6.84. The van der Waals surface area contributed by atoms with Gasteiger partial charge in [-0.05, 0) is 47.5 Å². The summed E-state index contributed by atoms with van der Waals surface area (Å²) in [4.78, 5) is 38.4. The van der Waals surface area contributed by atoms with Crippen LogP contribution >= 0.6 is 0 Å². The van der Waals surface area contributed by atoms with Crippen LogP contribution in [-0.2, 0) is 14.4 Å². The number of carboxylic acids is 1. The number of aromatic hydroxyl groups is 4. The monoisotopic (exact) mass is 530 g/mol. The Kier molecular flexibility index (Phi) is 7.39. The topological polar surface area (TPSA) is 233 Å². The maximum atomic E-state index is 13.3. The molecule has 0 bridgehead atoms. The van der Waals surface area contributed by atoms with Crippen molar-refractivity contribution in [2.75, 3.05) is 0 Å². The molecule has 0 saturated heterocycles. The number of hydrogen-bond acceptors (Lipinski definition) is 11. The van der Waals surface area contributed by atoms with E-state index in [1.165, 1.54) is 12.1 Å². The Morgan fingerprint density at radius 3 is 1.58 bits per heavy atom. The van der Waals surface area contributed by atoms with Gasteiger partial charge in [0.15, 0.2) is 51.4 Å². The molecule has 1 aliphatic rings. The number of benzene rings is 2. The fourth-order valence-electron chi connectivity index (χ4n) is 4.46. The van der Waals surface area contributed by atoms with Crippen LogP contribution in [0.3, 0.4) is 0 Å². The lowest BCUT2D eigenvalue weighted by Crippen LogP contribution is -2.79. The number of aliphatic hydroxyl groups excluding tert-OH is 1. The molecule has 38 heavy (non-hydrogen) atoms. The number of phenolic OH excluding ortho intramolecular Hbond substituents is 4. The third-order valence-electron chi connectivity index (χ3n) is 6.89. The summed E-state index contributed by atoms with van der Waals surface area (Å²) in [5, 5.41) is 92.2. The van der Waals surface area contributed by atoms with Crippen LogP contribution in [0.5, 0.6) is 23.0 Å². The number of carbonyl (C=O) groups excluding carboxylic acids is 2. The number of carbonyl (C=O) groups is 3. The summed E-state index contributed by atoms with van der Waals surface area (Å²) in [6.07, 6.45) is -0.174. The minimum Gasteiger partial charge on any atom is -0.504 e. The number of carboxylic acid groups (broad SMARTS) is 1. The Labute approximate surface area is 215 Å². The zero-order valence-corrected chi connectivity index (χ0v) is 19.9. The highest BCUT2D eigenvalue weighted by Gasteiger charge is 2.73. The molecule has 0 heterocycles. The van der Waals surface area contributed by atoms with Crippen LogP contribution in [0.15, 0.2) is 48.6 Å². The Balaban J connectivity index is 2.10. The molecule has 2 aromatic carbocycles. The molecule has 0 spiro atoms. The second kappa shape index (κ2) is 9.91. The molecule has 12 heteroatoms. The normalized spacial score (nSPS) is 29.5. The first-order chi connectivity index (χ1) is 17.6. The minimum absolute atomic E-state index is 0.122. The van der Waals surface area contributed by atoms with E-state index >= 15 is 0 Å². The molecule has 0 amide bonds. The minimum atomic E-state index is -3.38. The van der Waals surface area contributed by atoms with Crippen LogP contribution in [0, 0.1) is 5.92 Å². The van der Waals surface area contributed by atoms with Crippen molar-refractivity contribution in [3.63, 3.8) is 0 Å². The van der Waals surface area contributed by atoms with Gasteiger partial charge >= 0.3 is 5.97 Å². The lowest BCUT2D eigenvalue weighted by molar-refractivity contribution is -0.264. The number of aliphatic carboxylic acids is 1. The molecule has 3 rings (SSSR count). The van der Waals surface area contributed by atoms with E-state index in [2.05, 4.69) is 0 Å². The van der Waals surface area contributed by atoms with Crippen molar-refractivity contribution in [1.82, 2.24) is 0 Å². The van der Waals surface area contributed by atoms with Gasteiger partial charge in [-0.2, -0.15) is 0 Å². The van der Waals surface area contributed by atoms with Crippen molar-refractivity contribution in [3.8, 4) is 23.0 Å². The first-order valence-electron chi connectivity index (χ1n) is 11.2. The summed E-state index contributed by atoms with van der Waals surface area (Å²) >= 11 is 0. The van der Waals surface area contributed by atoms with Crippen LogP contribution in [0.2, 0.25) is 0 Å².